The number of aryl methyl sites for hydroxylation is 2. The fourth-order valence-corrected chi connectivity index (χ4v) is 4.38. The van der Waals surface area contributed by atoms with Gasteiger partial charge in [0.15, 0.2) is 0 Å². The maximum absolute atomic E-state index is 6.14. The smallest absolute Gasteiger partial charge is 0.141 e. The van der Waals surface area contributed by atoms with Crippen LogP contribution in [-0.4, -0.2) is 25.3 Å². The standard InChI is InChI=1S/C25H23N5OS/c1-4-32-19-7-8-21-20(13-19)25(27-14-26-21)29-17-5-10-24(16(2)11-17)31-18-6-9-23-22(12-18)28-15-30(23)3/h5-15H,4H2,1-3H3,(H,26,27,29). The molecule has 2 heterocycles. The Balaban J connectivity index is 1.40. The Morgan fingerprint density at radius 3 is 2.72 bits per heavy atom. The lowest BCUT2D eigenvalue weighted by atomic mass is 10.2. The molecule has 0 saturated heterocycles. The van der Waals surface area contributed by atoms with Gasteiger partial charge in [-0.1, -0.05) is 6.92 Å². The first kappa shape index (κ1) is 20.3. The van der Waals surface area contributed by atoms with Crippen molar-refractivity contribution >= 4 is 45.2 Å². The van der Waals surface area contributed by atoms with Crippen molar-refractivity contribution in [3.8, 4) is 11.5 Å². The summed E-state index contributed by atoms with van der Waals surface area (Å²) in [4.78, 5) is 14.5. The van der Waals surface area contributed by atoms with E-state index in [0.717, 1.165) is 56.3 Å². The number of ether oxygens (including phenoxy) is 1. The monoisotopic (exact) mass is 441 g/mol. The molecule has 0 saturated carbocycles. The van der Waals surface area contributed by atoms with Crippen LogP contribution in [0.5, 0.6) is 11.5 Å². The second kappa shape index (κ2) is 8.51. The fourth-order valence-electron chi connectivity index (χ4n) is 3.68. The minimum atomic E-state index is 0.766. The number of anilines is 2. The number of fused-ring (bicyclic) bond motifs is 2. The molecule has 5 rings (SSSR count). The van der Waals surface area contributed by atoms with E-state index in [2.05, 4.69) is 45.4 Å². The molecule has 6 nitrogen and oxygen atoms in total. The summed E-state index contributed by atoms with van der Waals surface area (Å²) >= 11 is 1.81. The van der Waals surface area contributed by atoms with Gasteiger partial charge in [0.1, 0.15) is 23.6 Å². The van der Waals surface area contributed by atoms with Crippen molar-refractivity contribution in [2.45, 2.75) is 18.7 Å². The number of nitrogens with one attached hydrogen (secondary N) is 1. The number of hydrogen-bond acceptors (Lipinski definition) is 6. The highest BCUT2D eigenvalue weighted by Crippen LogP contribution is 2.32. The Hall–Kier alpha value is -3.58. The minimum Gasteiger partial charge on any atom is -0.457 e. The third-order valence-electron chi connectivity index (χ3n) is 5.28. The van der Waals surface area contributed by atoms with Crippen LogP contribution < -0.4 is 10.1 Å². The molecule has 2 aromatic heterocycles. The highest BCUT2D eigenvalue weighted by atomic mass is 32.2. The summed E-state index contributed by atoms with van der Waals surface area (Å²) < 4.78 is 8.13. The summed E-state index contributed by atoms with van der Waals surface area (Å²) in [7, 11) is 1.98. The van der Waals surface area contributed by atoms with Crippen LogP contribution in [0.3, 0.4) is 0 Å². The van der Waals surface area contributed by atoms with Crippen molar-refractivity contribution in [2.75, 3.05) is 11.1 Å². The van der Waals surface area contributed by atoms with E-state index < -0.39 is 0 Å². The molecular weight excluding hydrogens is 418 g/mol. The van der Waals surface area contributed by atoms with Gasteiger partial charge >= 0.3 is 0 Å². The van der Waals surface area contributed by atoms with Crippen molar-refractivity contribution in [1.82, 2.24) is 19.5 Å². The molecule has 7 heteroatoms. The molecule has 0 radical (unpaired) electrons. The first-order valence-corrected chi connectivity index (χ1v) is 11.4. The number of benzene rings is 3. The summed E-state index contributed by atoms with van der Waals surface area (Å²) in [6.07, 6.45) is 3.40. The molecule has 32 heavy (non-hydrogen) atoms. The van der Waals surface area contributed by atoms with Crippen LogP contribution in [-0.2, 0) is 7.05 Å². The maximum Gasteiger partial charge on any atom is 0.141 e. The first-order chi connectivity index (χ1) is 15.6. The predicted molar refractivity (Wildman–Crippen MR) is 131 cm³/mol. The van der Waals surface area contributed by atoms with Gasteiger partial charge in [0.05, 0.1) is 22.9 Å². The molecular formula is C25H23N5OS. The number of hydrogen-bond donors (Lipinski definition) is 1. The van der Waals surface area contributed by atoms with E-state index in [1.807, 2.05) is 54.9 Å². The topological polar surface area (TPSA) is 64.9 Å². The van der Waals surface area contributed by atoms with Crippen molar-refractivity contribution < 1.29 is 4.74 Å². The van der Waals surface area contributed by atoms with E-state index in [-0.39, 0.29) is 0 Å². The summed E-state index contributed by atoms with van der Waals surface area (Å²) in [6.45, 7) is 4.18. The minimum absolute atomic E-state index is 0.766. The van der Waals surface area contributed by atoms with Crippen LogP contribution in [0.15, 0.2) is 72.1 Å². The summed E-state index contributed by atoms with van der Waals surface area (Å²) in [6, 6.07) is 18.3. The summed E-state index contributed by atoms with van der Waals surface area (Å²) in [5, 5.41) is 4.45. The van der Waals surface area contributed by atoms with E-state index in [4.69, 9.17) is 4.74 Å². The predicted octanol–water partition coefficient (Wildman–Crippen LogP) is 6.47. The lowest BCUT2D eigenvalue weighted by Crippen LogP contribution is -1.97. The van der Waals surface area contributed by atoms with Crippen LogP contribution in [0.25, 0.3) is 21.9 Å². The molecule has 0 atom stereocenters. The zero-order valence-corrected chi connectivity index (χ0v) is 19.0. The van der Waals surface area contributed by atoms with Crippen LogP contribution in [0.4, 0.5) is 11.5 Å². The molecule has 0 aliphatic heterocycles. The lowest BCUT2D eigenvalue weighted by Gasteiger charge is -2.13. The van der Waals surface area contributed by atoms with Gasteiger partial charge in [-0.15, -0.1) is 11.8 Å². The molecule has 5 aromatic rings. The van der Waals surface area contributed by atoms with Gasteiger partial charge in [0.2, 0.25) is 0 Å². The van der Waals surface area contributed by atoms with Gasteiger partial charge in [-0.3, -0.25) is 0 Å². The largest absolute Gasteiger partial charge is 0.457 e. The van der Waals surface area contributed by atoms with E-state index in [1.54, 1.807) is 24.4 Å². The molecule has 0 aliphatic rings. The molecule has 0 spiro atoms. The van der Waals surface area contributed by atoms with Crippen LogP contribution in [0, 0.1) is 6.92 Å². The zero-order chi connectivity index (χ0) is 22.1. The average Bonchev–Trinajstić information content (AvgIpc) is 3.16. The number of nitrogens with zero attached hydrogens (tertiary/aromatic N) is 4. The Morgan fingerprint density at radius 2 is 1.88 bits per heavy atom. The Labute approximate surface area is 190 Å². The second-order valence-corrected chi connectivity index (χ2v) is 8.89. The summed E-state index contributed by atoms with van der Waals surface area (Å²) in [5.41, 5.74) is 4.88. The van der Waals surface area contributed by atoms with Gasteiger partial charge in [0, 0.05) is 29.1 Å². The van der Waals surface area contributed by atoms with Crippen molar-refractivity contribution in [2.24, 2.45) is 7.05 Å². The Morgan fingerprint density at radius 1 is 0.969 bits per heavy atom. The maximum atomic E-state index is 6.14. The molecule has 160 valence electrons. The van der Waals surface area contributed by atoms with Gasteiger partial charge in [0.25, 0.3) is 0 Å². The van der Waals surface area contributed by atoms with Crippen molar-refractivity contribution in [3.63, 3.8) is 0 Å². The molecule has 0 bridgehead atoms. The van der Waals surface area contributed by atoms with Gasteiger partial charge in [-0.2, -0.15) is 0 Å². The van der Waals surface area contributed by atoms with Crippen LogP contribution >= 0.6 is 11.8 Å². The zero-order valence-electron chi connectivity index (χ0n) is 18.2. The normalized spacial score (nSPS) is 11.2. The molecule has 3 aromatic carbocycles. The van der Waals surface area contributed by atoms with Crippen molar-refractivity contribution in [1.29, 1.82) is 0 Å². The van der Waals surface area contributed by atoms with Crippen molar-refractivity contribution in [3.05, 3.63) is 72.8 Å². The Kier molecular flexibility index (Phi) is 5.41. The Bertz CT molecular complexity index is 1430. The fraction of sp³-hybridized carbons (Fsp3) is 0.160. The third-order valence-corrected chi connectivity index (χ3v) is 6.16. The highest BCUT2D eigenvalue weighted by Gasteiger charge is 2.09. The quantitative estimate of drug-likeness (QED) is 0.305. The van der Waals surface area contributed by atoms with E-state index in [0.29, 0.717) is 0 Å². The molecule has 0 amide bonds. The first-order valence-electron chi connectivity index (χ1n) is 10.4. The third kappa shape index (κ3) is 3.99. The van der Waals surface area contributed by atoms with E-state index in [1.165, 1.54) is 4.90 Å². The molecule has 0 aliphatic carbocycles. The number of rotatable bonds is 6. The van der Waals surface area contributed by atoms with Crippen LogP contribution in [0.2, 0.25) is 0 Å². The SMILES string of the molecule is CCSc1ccc2ncnc(Nc3ccc(Oc4ccc5c(c4)ncn5C)c(C)c3)c2c1. The van der Waals surface area contributed by atoms with Crippen LogP contribution in [0.1, 0.15) is 12.5 Å². The molecule has 1 N–H and O–H groups in total. The number of thioether (sulfide) groups is 1. The summed E-state index contributed by atoms with van der Waals surface area (Å²) in [5.74, 6) is 3.39. The van der Waals surface area contributed by atoms with Gasteiger partial charge in [-0.05, 0) is 66.8 Å². The average molecular weight is 442 g/mol. The van der Waals surface area contributed by atoms with E-state index >= 15 is 0 Å². The van der Waals surface area contributed by atoms with Gasteiger partial charge < -0.3 is 14.6 Å². The molecule has 0 fully saturated rings. The lowest BCUT2D eigenvalue weighted by molar-refractivity contribution is 0.479. The highest BCUT2D eigenvalue weighted by molar-refractivity contribution is 7.99. The molecule has 0 unspecified atom stereocenters. The number of aromatic nitrogens is 4. The number of imidazole rings is 1. The second-order valence-electron chi connectivity index (χ2n) is 7.55. The van der Waals surface area contributed by atoms with E-state index in [9.17, 15) is 0 Å². The van der Waals surface area contributed by atoms with Gasteiger partial charge in [-0.25, -0.2) is 15.0 Å².